The van der Waals surface area contributed by atoms with Gasteiger partial charge in [0.1, 0.15) is 5.82 Å². The van der Waals surface area contributed by atoms with E-state index in [0.29, 0.717) is 0 Å². The van der Waals surface area contributed by atoms with Gasteiger partial charge in [0.15, 0.2) is 0 Å². The summed E-state index contributed by atoms with van der Waals surface area (Å²) in [4.78, 5) is 15.9. The third kappa shape index (κ3) is 3.58. The monoisotopic (exact) mass is 279 g/mol. The minimum atomic E-state index is 0.229. The van der Waals surface area contributed by atoms with Crippen molar-refractivity contribution in [2.45, 2.75) is 13.8 Å². The van der Waals surface area contributed by atoms with Crippen molar-refractivity contribution in [1.29, 1.82) is 0 Å². The Hall–Kier alpha value is -1.40. The van der Waals surface area contributed by atoms with Crippen molar-refractivity contribution in [3.05, 3.63) is 11.8 Å². The van der Waals surface area contributed by atoms with Gasteiger partial charge in [-0.3, -0.25) is 4.90 Å². The summed E-state index contributed by atoms with van der Waals surface area (Å²) in [5.74, 6) is 1.80. The lowest BCUT2D eigenvalue weighted by atomic mass is 10.3. The summed E-state index contributed by atoms with van der Waals surface area (Å²) in [5, 5.41) is 8.98. The van der Waals surface area contributed by atoms with E-state index in [1.165, 1.54) is 0 Å². The normalized spacial score (nSPS) is 16.5. The first-order valence-corrected chi connectivity index (χ1v) is 7.29. The van der Waals surface area contributed by atoms with Gasteiger partial charge >= 0.3 is 0 Å². The Morgan fingerprint density at radius 2 is 1.95 bits per heavy atom. The Morgan fingerprint density at radius 1 is 1.25 bits per heavy atom. The van der Waals surface area contributed by atoms with E-state index >= 15 is 0 Å². The lowest BCUT2D eigenvalue weighted by molar-refractivity contribution is 0.188. The van der Waals surface area contributed by atoms with Gasteiger partial charge in [0.25, 0.3) is 0 Å². The van der Waals surface area contributed by atoms with Crippen LogP contribution in [0.25, 0.3) is 0 Å². The number of rotatable bonds is 5. The molecule has 0 spiro atoms. The molecule has 0 amide bonds. The van der Waals surface area contributed by atoms with E-state index in [1.807, 2.05) is 20.0 Å². The average Bonchev–Trinajstić information content (AvgIpc) is 2.47. The quantitative estimate of drug-likeness (QED) is 0.840. The van der Waals surface area contributed by atoms with Gasteiger partial charge in [-0.2, -0.15) is 4.98 Å². The fourth-order valence-electron chi connectivity index (χ4n) is 2.35. The van der Waals surface area contributed by atoms with E-state index < -0.39 is 0 Å². The van der Waals surface area contributed by atoms with Gasteiger partial charge in [-0.25, -0.2) is 4.98 Å². The summed E-state index contributed by atoms with van der Waals surface area (Å²) in [6.45, 7) is 9.79. The average molecular weight is 279 g/mol. The molecule has 2 heterocycles. The van der Waals surface area contributed by atoms with E-state index in [1.54, 1.807) is 0 Å². The second-order valence-electron chi connectivity index (χ2n) is 5.23. The molecule has 0 radical (unpaired) electrons. The minimum Gasteiger partial charge on any atom is -0.395 e. The highest BCUT2D eigenvalue weighted by molar-refractivity contribution is 5.45. The van der Waals surface area contributed by atoms with Crippen LogP contribution < -0.4 is 9.80 Å². The summed E-state index contributed by atoms with van der Waals surface area (Å²) in [6.07, 6.45) is 0. The van der Waals surface area contributed by atoms with Crippen LogP contribution in [0.3, 0.4) is 0 Å². The molecule has 0 aliphatic carbocycles. The molecule has 6 nitrogen and oxygen atoms in total. The Kier molecular flexibility index (Phi) is 5.14. The number of nitrogens with zero attached hydrogens (tertiary/aromatic N) is 5. The maximum absolute atomic E-state index is 8.98. The van der Waals surface area contributed by atoms with Gasteiger partial charge in [0.05, 0.1) is 6.61 Å². The second-order valence-corrected chi connectivity index (χ2v) is 5.23. The van der Waals surface area contributed by atoms with Crippen molar-refractivity contribution in [3.8, 4) is 0 Å². The van der Waals surface area contributed by atoms with Crippen LogP contribution in [0.4, 0.5) is 11.8 Å². The van der Waals surface area contributed by atoms with Crippen LogP contribution in [0.1, 0.15) is 12.6 Å². The molecule has 20 heavy (non-hydrogen) atoms. The van der Waals surface area contributed by atoms with Crippen molar-refractivity contribution in [2.24, 2.45) is 0 Å². The molecular formula is C14H25N5O. The van der Waals surface area contributed by atoms with Crippen molar-refractivity contribution >= 4 is 11.8 Å². The van der Waals surface area contributed by atoms with E-state index in [4.69, 9.17) is 5.11 Å². The van der Waals surface area contributed by atoms with Crippen LogP contribution in [0.2, 0.25) is 0 Å². The zero-order valence-electron chi connectivity index (χ0n) is 12.7. The Labute approximate surface area is 121 Å². The minimum absolute atomic E-state index is 0.229. The van der Waals surface area contributed by atoms with Crippen molar-refractivity contribution in [2.75, 3.05) is 62.7 Å². The molecule has 0 aromatic carbocycles. The number of aryl methyl sites for hydroxylation is 1. The van der Waals surface area contributed by atoms with E-state index in [2.05, 4.69) is 31.6 Å². The van der Waals surface area contributed by atoms with Crippen molar-refractivity contribution in [3.63, 3.8) is 0 Å². The van der Waals surface area contributed by atoms with E-state index in [-0.39, 0.29) is 6.61 Å². The number of β-amino-alcohol motifs (C(OH)–C–C–N with tert-alkyl or cyclic N) is 1. The standard InChI is InChI=1S/C14H25N5O/c1-4-17(3)13-11-12(2)15-14(16-13)19-7-5-18(6-8-19)9-10-20/h11,20H,4-10H2,1-3H3. The van der Waals surface area contributed by atoms with Gasteiger partial charge in [-0.05, 0) is 13.8 Å². The van der Waals surface area contributed by atoms with Gasteiger partial charge < -0.3 is 14.9 Å². The molecule has 1 saturated heterocycles. The zero-order chi connectivity index (χ0) is 14.5. The molecule has 6 heteroatoms. The number of aromatic nitrogens is 2. The summed E-state index contributed by atoms with van der Waals surface area (Å²) in [7, 11) is 2.05. The molecule has 1 aromatic rings. The molecule has 1 aromatic heterocycles. The molecule has 0 atom stereocenters. The van der Waals surface area contributed by atoms with Crippen LogP contribution in [0.15, 0.2) is 6.07 Å². The highest BCUT2D eigenvalue weighted by Gasteiger charge is 2.19. The molecular weight excluding hydrogens is 254 g/mol. The van der Waals surface area contributed by atoms with Crippen molar-refractivity contribution < 1.29 is 5.11 Å². The number of aliphatic hydroxyl groups is 1. The van der Waals surface area contributed by atoms with Crippen LogP contribution in [0.5, 0.6) is 0 Å². The highest BCUT2D eigenvalue weighted by Crippen LogP contribution is 2.17. The van der Waals surface area contributed by atoms with Gasteiger partial charge in [-0.15, -0.1) is 0 Å². The summed E-state index contributed by atoms with van der Waals surface area (Å²) < 4.78 is 0. The predicted molar refractivity (Wildman–Crippen MR) is 81.5 cm³/mol. The number of hydrogen-bond acceptors (Lipinski definition) is 6. The zero-order valence-corrected chi connectivity index (χ0v) is 12.7. The topological polar surface area (TPSA) is 55.7 Å². The first-order chi connectivity index (χ1) is 9.63. The van der Waals surface area contributed by atoms with E-state index in [0.717, 1.165) is 56.7 Å². The fraction of sp³-hybridized carbons (Fsp3) is 0.714. The molecule has 1 N–H and O–H groups in total. The summed E-state index contributed by atoms with van der Waals surface area (Å²) in [6, 6.07) is 2.02. The first-order valence-electron chi connectivity index (χ1n) is 7.29. The van der Waals surface area contributed by atoms with Crippen LogP contribution in [-0.2, 0) is 0 Å². The highest BCUT2D eigenvalue weighted by atomic mass is 16.3. The summed E-state index contributed by atoms with van der Waals surface area (Å²) in [5.41, 5.74) is 1.00. The van der Waals surface area contributed by atoms with Crippen LogP contribution in [0, 0.1) is 6.92 Å². The lowest BCUT2D eigenvalue weighted by Gasteiger charge is -2.34. The largest absolute Gasteiger partial charge is 0.395 e. The molecule has 0 saturated carbocycles. The Bertz CT molecular complexity index is 432. The molecule has 0 unspecified atom stereocenters. The molecule has 2 rings (SSSR count). The van der Waals surface area contributed by atoms with E-state index in [9.17, 15) is 0 Å². The first kappa shape index (κ1) is 15.0. The predicted octanol–water partition coefficient (Wildman–Crippen LogP) is 0.355. The SMILES string of the molecule is CCN(C)c1cc(C)nc(N2CCN(CCO)CC2)n1. The summed E-state index contributed by atoms with van der Waals surface area (Å²) >= 11 is 0. The van der Waals surface area contributed by atoms with Gasteiger partial charge in [0.2, 0.25) is 5.95 Å². The number of anilines is 2. The Morgan fingerprint density at radius 3 is 2.55 bits per heavy atom. The number of piperazine rings is 1. The third-order valence-electron chi connectivity index (χ3n) is 3.77. The third-order valence-corrected chi connectivity index (χ3v) is 3.77. The molecule has 0 bridgehead atoms. The fourth-order valence-corrected chi connectivity index (χ4v) is 2.35. The van der Waals surface area contributed by atoms with Crippen LogP contribution >= 0.6 is 0 Å². The number of hydrogen-bond donors (Lipinski definition) is 1. The number of aliphatic hydroxyl groups excluding tert-OH is 1. The van der Waals surface area contributed by atoms with Gasteiger partial charge in [-0.1, -0.05) is 0 Å². The Balaban J connectivity index is 2.07. The smallest absolute Gasteiger partial charge is 0.227 e. The molecule has 112 valence electrons. The maximum Gasteiger partial charge on any atom is 0.227 e. The molecule has 1 aliphatic heterocycles. The second kappa shape index (κ2) is 6.85. The van der Waals surface area contributed by atoms with Gasteiger partial charge in [0, 0.05) is 58.1 Å². The van der Waals surface area contributed by atoms with Crippen LogP contribution in [-0.4, -0.2) is 72.9 Å². The molecule has 1 aliphatic rings. The maximum atomic E-state index is 8.98. The molecule has 1 fully saturated rings. The van der Waals surface area contributed by atoms with Crippen molar-refractivity contribution in [1.82, 2.24) is 14.9 Å². The lowest BCUT2D eigenvalue weighted by Crippen LogP contribution is -2.47.